The van der Waals surface area contributed by atoms with E-state index in [9.17, 15) is 4.79 Å². The summed E-state index contributed by atoms with van der Waals surface area (Å²) < 4.78 is 5.85. The van der Waals surface area contributed by atoms with E-state index in [-0.39, 0.29) is 5.91 Å². The van der Waals surface area contributed by atoms with Gasteiger partial charge < -0.3 is 4.74 Å². The van der Waals surface area contributed by atoms with Crippen LogP contribution in [0.1, 0.15) is 27.0 Å². The number of nitrogen functional groups attached to an aromatic ring is 1. The van der Waals surface area contributed by atoms with Gasteiger partial charge in [-0.3, -0.25) is 10.2 Å². The van der Waals surface area contributed by atoms with Gasteiger partial charge >= 0.3 is 0 Å². The molecule has 0 bridgehead atoms. The lowest BCUT2D eigenvalue weighted by atomic mass is 10.1. The topological polar surface area (TPSA) is 64.3 Å². The normalized spacial score (nSPS) is 10.3. The molecule has 0 aliphatic rings. The van der Waals surface area contributed by atoms with Crippen molar-refractivity contribution in [3.63, 3.8) is 0 Å². The van der Waals surface area contributed by atoms with E-state index in [4.69, 9.17) is 22.2 Å². The van der Waals surface area contributed by atoms with Crippen molar-refractivity contribution in [2.75, 3.05) is 0 Å². The molecule has 110 valence electrons. The maximum Gasteiger partial charge on any atom is 0.265 e. The Balaban J connectivity index is 2.08. The fraction of sp³-hybridized carbons (Fsp3) is 0.188. The molecular formula is C16H17ClN2O2. The molecule has 0 aliphatic heterocycles. The summed E-state index contributed by atoms with van der Waals surface area (Å²) in [4.78, 5) is 11.3. The number of rotatable bonds is 4. The van der Waals surface area contributed by atoms with Crippen LogP contribution in [-0.2, 0) is 6.61 Å². The number of carbonyl (C=O) groups excluding carboxylic acids is 1. The Morgan fingerprint density at radius 3 is 2.29 bits per heavy atom. The van der Waals surface area contributed by atoms with Crippen LogP contribution in [0, 0.1) is 13.8 Å². The Bertz CT molecular complexity index is 631. The Labute approximate surface area is 128 Å². The van der Waals surface area contributed by atoms with Crippen LogP contribution in [-0.4, -0.2) is 5.91 Å². The molecule has 2 aromatic carbocycles. The maximum atomic E-state index is 11.3. The molecule has 5 heteroatoms. The summed E-state index contributed by atoms with van der Waals surface area (Å²) in [5, 5.41) is 0.703. The van der Waals surface area contributed by atoms with Gasteiger partial charge in [-0.15, -0.1) is 0 Å². The molecule has 2 aromatic rings. The van der Waals surface area contributed by atoms with Crippen LogP contribution in [0.2, 0.25) is 5.02 Å². The number of ether oxygens (including phenoxy) is 1. The molecule has 0 atom stereocenters. The first-order valence-electron chi connectivity index (χ1n) is 6.50. The van der Waals surface area contributed by atoms with Gasteiger partial charge in [-0.25, -0.2) is 5.84 Å². The van der Waals surface area contributed by atoms with Crippen LogP contribution < -0.4 is 16.0 Å². The first-order chi connectivity index (χ1) is 10.0. The minimum absolute atomic E-state index is 0.313. The van der Waals surface area contributed by atoms with Crippen molar-refractivity contribution in [3.8, 4) is 5.75 Å². The number of benzene rings is 2. The van der Waals surface area contributed by atoms with E-state index in [1.54, 1.807) is 12.1 Å². The standard InChI is InChI=1S/C16H17ClN2O2/c1-10-7-14(17)8-11(2)15(10)21-9-12-3-5-13(6-4-12)16(20)19-18/h3-8H,9,18H2,1-2H3,(H,19,20). The van der Waals surface area contributed by atoms with Gasteiger partial charge in [0.2, 0.25) is 0 Å². The molecule has 0 heterocycles. The van der Waals surface area contributed by atoms with E-state index >= 15 is 0 Å². The number of carbonyl (C=O) groups is 1. The molecule has 3 N–H and O–H groups in total. The van der Waals surface area contributed by atoms with Gasteiger partial charge in [0.05, 0.1) is 0 Å². The average molecular weight is 305 g/mol. The zero-order valence-electron chi connectivity index (χ0n) is 11.9. The van der Waals surface area contributed by atoms with Gasteiger partial charge in [-0.1, -0.05) is 23.7 Å². The Hall–Kier alpha value is -2.04. The van der Waals surface area contributed by atoms with E-state index in [1.165, 1.54) is 0 Å². The first kappa shape index (κ1) is 15.4. The number of amides is 1. The van der Waals surface area contributed by atoms with Gasteiger partial charge in [0.1, 0.15) is 12.4 Å². The fourth-order valence-electron chi connectivity index (χ4n) is 2.12. The molecule has 0 aromatic heterocycles. The van der Waals surface area contributed by atoms with E-state index in [2.05, 4.69) is 5.43 Å². The molecule has 0 radical (unpaired) electrons. The third-order valence-electron chi connectivity index (χ3n) is 3.16. The highest BCUT2D eigenvalue weighted by molar-refractivity contribution is 6.30. The van der Waals surface area contributed by atoms with Crippen LogP contribution >= 0.6 is 11.6 Å². The molecule has 0 saturated carbocycles. The second kappa shape index (κ2) is 6.61. The summed E-state index contributed by atoms with van der Waals surface area (Å²) in [5.41, 5.74) is 5.58. The molecular weight excluding hydrogens is 288 g/mol. The first-order valence-corrected chi connectivity index (χ1v) is 6.88. The molecule has 2 rings (SSSR count). The predicted octanol–water partition coefficient (Wildman–Crippen LogP) is 3.14. The van der Waals surface area contributed by atoms with Gasteiger partial charge in [-0.2, -0.15) is 0 Å². The molecule has 0 aliphatic carbocycles. The number of halogens is 1. The maximum absolute atomic E-state index is 11.3. The largest absolute Gasteiger partial charge is 0.488 e. The number of nitrogens with two attached hydrogens (primary N) is 1. The van der Waals surface area contributed by atoms with Gasteiger partial charge in [0.15, 0.2) is 0 Å². The average Bonchev–Trinajstić information content (AvgIpc) is 2.46. The number of hydrogen-bond donors (Lipinski definition) is 2. The zero-order chi connectivity index (χ0) is 15.4. The molecule has 21 heavy (non-hydrogen) atoms. The minimum atomic E-state index is -0.313. The smallest absolute Gasteiger partial charge is 0.265 e. The van der Waals surface area contributed by atoms with E-state index in [0.29, 0.717) is 17.2 Å². The molecule has 4 nitrogen and oxygen atoms in total. The van der Waals surface area contributed by atoms with E-state index in [0.717, 1.165) is 22.4 Å². The predicted molar refractivity (Wildman–Crippen MR) is 83.4 cm³/mol. The monoisotopic (exact) mass is 304 g/mol. The Morgan fingerprint density at radius 2 is 1.76 bits per heavy atom. The second-order valence-electron chi connectivity index (χ2n) is 4.83. The third-order valence-corrected chi connectivity index (χ3v) is 3.37. The van der Waals surface area contributed by atoms with E-state index in [1.807, 2.05) is 38.1 Å². The summed E-state index contributed by atoms with van der Waals surface area (Å²) in [6, 6.07) is 10.8. The third kappa shape index (κ3) is 3.74. The molecule has 0 saturated heterocycles. The Kier molecular flexibility index (Phi) is 4.83. The van der Waals surface area contributed by atoms with Gasteiger partial charge in [0, 0.05) is 10.6 Å². The summed E-state index contributed by atoms with van der Waals surface area (Å²) in [6.07, 6.45) is 0. The quantitative estimate of drug-likeness (QED) is 0.518. The second-order valence-corrected chi connectivity index (χ2v) is 5.26. The fourth-order valence-corrected chi connectivity index (χ4v) is 2.44. The summed E-state index contributed by atoms with van der Waals surface area (Å²) in [6.45, 7) is 4.35. The lowest BCUT2D eigenvalue weighted by molar-refractivity contribution is 0.0953. The number of hydrogen-bond acceptors (Lipinski definition) is 3. The van der Waals surface area contributed by atoms with Crippen LogP contribution in [0.3, 0.4) is 0 Å². The highest BCUT2D eigenvalue weighted by Gasteiger charge is 2.07. The van der Waals surface area contributed by atoms with Crippen LogP contribution in [0.4, 0.5) is 0 Å². The molecule has 0 unspecified atom stereocenters. The summed E-state index contributed by atoms with van der Waals surface area (Å²) in [5.74, 6) is 5.61. The molecule has 0 fully saturated rings. The van der Waals surface area contributed by atoms with Crippen LogP contribution in [0.5, 0.6) is 5.75 Å². The van der Waals surface area contributed by atoms with Gasteiger partial charge in [-0.05, 0) is 54.8 Å². The van der Waals surface area contributed by atoms with Crippen molar-refractivity contribution in [2.45, 2.75) is 20.5 Å². The SMILES string of the molecule is Cc1cc(Cl)cc(C)c1OCc1ccc(C(=O)NN)cc1. The van der Waals surface area contributed by atoms with Crippen molar-refractivity contribution >= 4 is 17.5 Å². The lowest BCUT2D eigenvalue weighted by Gasteiger charge is -2.13. The minimum Gasteiger partial charge on any atom is -0.488 e. The van der Waals surface area contributed by atoms with Crippen LogP contribution in [0.25, 0.3) is 0 Å². The summed E-state index contributed by atoms with van der Waals surface area (Å²) >= 11 is 6.00. The van der Waals surface area contributed by atoms with Crippen LogP contribution in [0.15, 0.2) is 36.4 Å². The molecule has 0 spiro atoms. The highest BCUT2D eigenvalue weighted by atomic mass is 35.5. The zero-order valence-corrected chi connectivity index (χ0v) is 12.7. The number of hydrazine groups is 1. The Morgan fingerprint density at radius 1 is 1.19 bits per heavy atom. The highest BCUT2D eigenvalue weighted by Crippen LogP contribution is 2.27. The lowest BCUT2D eigenvalue weighted by Crippen LogP contribution is -2.29. The number of aryl methyl sites for hydroxylation is 2. The molecule has 1 amide bonds. The van der Waals surface area contributed by atoms with Crippen molar-refractivity contribution < 1.29 is 9.53 Å². The van der Waals surface area contributed by atoms with E-state index < -0.39 is 0 Å². The van der Waals surface area contributed by atoms with Crippen molar-refractivity contribution in [2.24, 2.45) is 5.84 Å². The van der Waals surface area contributed by atoms with Crippen molar-refractivity contribution in [1.82, 2.24) is 5.43 Å². The summed E-state index contributed by atoms with van der Waals surface area (Å²) in [7, 11) is 0. The van der Waals surface area contributed by atoms with Crippen molar-refractivity contribution in [1.29, 1.82) is 0 Å². The number of nitrogens with one attached hydrogen (secondary N) is 1. The van der Waals surface area contributed by atoms with Gasteiger partial charge in [0.25, 0.3) is 5.91 Å². The van der Waals surface area contributed by atoms with Crippen molar-refractivity contribution in [3.05, 3.63) is 63.7 Å².